The first-order chi connectivity index (χ1) is 9.02. The summed E-state index contributed by atoms with van der Waals surface area (Å²) >= 11 is 7.69. The van der Waals surface area contributed by atoms with Crippen molar-refractivity contribution in [3.8, 4) is 0 Å². The van der Waals surface area contributed by atoms with Crippen molar-refractivity contribution in [3.63, 3.8) is 0 Å². The Morgan fingerprint density at radius 2 is 1.53 bits per heavy atom. The lowest BCUT2D eigenvalue weighted by Gasteiger charge is -2.12. The van der Waals surface area contributed by atoms with Crippen molar-refractivity contribution in [1.82, 2.24) is 0 Å². The lowest BCUT2D eigenvalue weighted by Crippen LogP contribution is -2.00. The summed E-state index contributed by atoms with van der Waals surface area (Å²) in [5, 5.41) is -0.856. The maximum atomic E-state index is 13.6. The molecule has 5 heteroatoms. The van der Waals surface area contributed by atoms with Crippen LogP contribution in [-0.4, -0.2) is 6.26 Å². The lowest BCUT2D eigenvalue weighted by atomic mass is 10.0. The minimum atomic E-state index is -1.22. The number of thioether (sulfide) groups is 1. The van der Waals surface area contributed by atoms with Gasteiger partial charge in [0.1, 0.15) is 5.82 Å². The Labute approximate surface area is 118 Å². The summed E-state index contributed by atoms with van der Waals surface area (Å²) in [5.74, 6) is -3.18. The van der Waals surface area contributed by atoms with Gasteiger partial charge in [0.25, 0.3) is 0 Å². The predicted octanol–water partition coefficient (Wildman–Crippen LogP) is 5.15. The van der Waals surface area contributed by atoms with Crippen LogP contribution >= 0.6 is 23.4 Å². The van der Waals surface area contributed by atoms with Crippen molar-refractivity contribution >= 4 is 23.4 Å². The lowest BCUT2D eigenvalue weighted by molar-refractivity contribution is 0.490. The molecule has 2 rings (SSSR count). The molecule has 0 nitrogen and oxygen atoms in total. The molecule has 19 heavy (non-hydrogen) atoms. The van der Waals surface area contributed by atoms with Crippen molar-refractivity contribution in [3.05, 3.63) is 65.0 Å². The highest BCUT2D eigenvalue weighted by molar-refractivity contribution is 7.98. The van der Waals surface area contributed by atoms with E-state index in [1.54, 1.807) is 23.9 Å². The van der Waals surface area contributed by atoms with Crippen LogP contribution in [-0.2, 0) is 0 Å². The van der Waals surface area contributed by atoms with Crippen LogP contribution in [0.4, 0.5) is 13.2 Å². The summed E-state index contributed by atoms with van der Waals surface area (Å²) in [4.78, 5) is 1.04. The molecule has 0 aliphatic carbocycles. The van der Waals surface area contributed by atoms with E-state index in [9.17, 15) is 13.2 Å². The molecule has 2 aromatic carbocycles. The van der Waals surface area contributed by atoms with Gasteiger partial charge in [0, 0.05) is 16.5 Å². The molecular weight excluding hydrogens is 293 g/mol. The van der Waals surface area contributed by atoms with Crippen LogP contribution in [0.1, 0.15) is 16.5 Å². The normalized spacial score (nSPS) is 12.5. The van der Waals surface area contributed by atoms with E-state index in [1.165, 1.54) is 0 Å². The number of alkyl halides is 1. The van der Waals surface area contributed by atoms with Crippen LogP contribution in [0.5, 0.6) is 0 Å². The molecule has 0 saturated heterocycles. The molecule has 0 spiro atoms. The number of rotatable bonds is 3. The van der Waals surface area contributed by atoms with E-state index in [4.69, 9.17) is 11.6 Å². The van der Waals surface area contributed by atoms with Crippen LogP contribution in [0.3, 0.4) is 0 Å². The van der Waals surface area contributed by atoms with E-state index in [0.29, 0.717) is 11.6 Å². The first-order valence-electron chi connectivity index (χ1n) is 5.45. The van der Waals surface area contributed by atoms with Gasteiger partial charge in [-0.15, -0.1) is 23.4 Å². The fourth-order valence-corrected chi connectivity index (χ4v) is 2.41. The average Bonchev–Trinajstić information content (AvgIpc) is 2.42. The van der Waals surface area contributed by atoms with Crippen molar-refractivity contribution in [2.24, 2.45) is 0 Å². The van der Waals surface area contributed by atoms with Gasteiger partial charge in [0.15, 0.2) is 11.6 Å². The summed E-state index contributed by atoms with van der Waals surface area (Å²) < 4.78 is 39.6. The third kappa shape index (κ3) is 3.07. The van der Waals surface area contributed by atoms with Crippen molar-refractivity contribution in [1.29, 1.82) is 0 Å². The second-order valence-electron chi connectivity index (χ2n) is 3.92. The molecule has 0 radical (unpaired) electrons. The maximum Gasteiger partial charge on any atom is 0.161 e. The standard InChI is InChI=1S/C14H10ClF3S/c1-19-9-4-2-8(3-5-9)14(15)10-6-12(17)13(18)7-11(10)16/h2-7,14H,1H3. The Balaban J connectivity index is 2.37. The Hall–Kier alpha value is -1.13. The third-order valence-electron chi connectivity index (χ3n) is 2.72. The molecule has 0 fully saturated rings. The van der Waals surface area contributed by atoms with Crippen LogP contribution in [0.25, 0.3) is 0 Å². The maximum absolute atomic E-state index is 13.6. The minimum Gasteiger partial charge on any atom is -0.207 e. The number of halogens is 4. The molecule has 0 aliphatic rings. The number of benzene rings is 2. The van der Waals surface area contributed by atoms with E-state index < -0.39 is 22.8 Å². The van der Waals surface area contributed by atoms with E-state index in [-0.39, 0.29) is 5.56 Å². The molecule has 2 aromatic rings. The first kappa shape index (κ1) is 14.3. The number of hydrogen-bond donors (Lipinski definition) is 0. The fourth-order valence-electron chi connectivity index (χ4n) is 1.68. The van der Waals surface area contributed by atoms with Gasteiger partial charge in [0.05, 0.1) is 5.38 Å². The molecule has 1 atom stereocenters. The molecule has 0 aliphatic heterocycles. The SMILES string of the molecule is CSc1ccc(C(Cl)c2cc(F)c(F)cc2F)cc1. The molecule has 0 aromatic heterocycles. The predicted molar refractivity (Wildman–Crippen MR) is 72.2 cm³/mol. The molecule has 0 amide bonds. The monoisotopic (exact) mass is 302 g/mol. The third-order valence-corrected chi connectivity index (χ3v) is 3.95. The second-order valence-corrected chi connectivity index (χ2v) is 5.24. The van der Waals surface area contributed by atoms with Gasteiger partial charge in [-0.25, -0.2) is 13.2 Å². The summed E-state index contributed by atoms with van der Waals surface area (Å²) in [7, 11) is 0. The smallest absolute Gasteiger partial charge is 0.161 e. The highest BCUT2D eigenvalue weighted by Gasteiger charge is 2.18. The van der Waals surface area contributed by atoms with Crippen molar-refractivity contribution < 1.29 is 13.2 Å². The molecule has 100 valence electrons. The zero-order valence-electron chi connectivity index (χ0n) is 9.96. The first-order valence-corrected chi connectivity index (χ1v) is 7.11. The zero-order valence-corrected chi connectivity index (χ0v) is 11.5. The van der Waals surface area contributed by atoms with Gasteiger partial charge in [-0.05, 0) is 30.0 Å². The Kier molecular flexibility index (Phi) is 4.42. The summed E-state index contributed by atoms with van der Waals surface area (Å²) in [5.41, 5.74) is 0.557. The van der Waals surface area contributed by atoms with Crippen LogP contribution < -0.4 is 0 Å². The van der Waals surface area contributed by atoms with E-state index in [1.807, 2.05) is 18.4 Å². The molecule has 1 unspecified atom stereocenters. The Morgan fingerprint density at radius 3 is 2.11 bits per heavy atom. The van der Waals surface area contributed by atoms with Crippen LogP contribution in [0.15, 0.2) is 41.3 Å². The van der Waals surface area contributed by atoms with E-state index >= 15 is 0 Å². The topological polar surface area (TPSA) is 0 Å². The van der Waals surface area contributed by atoms with Crippen molar-refractivity contribution in [2.75, 3.05) is 6.26 Å². The largest absolute Gasteiger partial charge is 0.207 e. The summed E-state index contributed by atoms with van der Waals surface area (Å²) in [6.45, 7) is 0. The second kappa shape index (κ2) is 5.88. The van der Waals surface area contributed by atoms with Gasteiger partial charge >= 0.3 is 0 Å². The van der Waals surface area contributed by atoms with Gasteiger partial charge in [0.2, 0.25) is 0 Å². The van der Waals surface area contributed by atoms with Gasteiger partial charge in [-0.2, -0.15) is 0 Å². The minimum absolute atomic E-state index is 0.0718. The fraction of sp³-hybridized carbons (Fsp3) is 0.143. The molecule has 0 N–H and O–H groups in total. The van der Waals surface area contributed by atoms with E-state index in [0.717, 1.165) is 11.0 Å². The molecule has 0 saturated carbocycles. The summed E-state index contributed by atoms with van der Waals surface area (Å²) in [6.07, 6.45) is 1.93. The average molecular weight is 303 g/mol. The number of hydrogen-bond acceptors (Lipinski definition) is 1. The quantitative estimate of drug-likeness (QED) is 0.429. The summed E-state index contributed by atoms with van der Waals surface area (Å²) in [6, 6.07) is 8.47. The van der Waals surface area contributed by atoms with Gasteiger partial charge in [-0.3, -0.25) is 0 Å². The molecular formula is C14H10ClF3S. The van der Waals surface area contributed by atoms with Crippen molar-refractivity contribution in [2.45, 2.75) is 10.3 Å². The highest BCUT2D eigenvalue weighted by atomic mass is 35.5. The molecule has 0 bridgehead atoms. The zero-order chi connectivity index (χ0) is 14.0. The Bertz CT molecular complexity index is 584. The van der Waals surface area contributed by atoms with Crippen LogP contribution in [0, 0.1) is 17.5 Å². The molecule has 0 heterocycles. The van der Waals surface area contributed by atoms with Crippen LogP contribution in [0.2, 0.25) is 0 Å². The van der Waals surface area contributed by atoms with E-state index in [2.05, 4.69) is 0 Å². The highest BCUT2D eigenvalue weighted by Crippen LogP contribution is 2.32. The van der Waals surface area contributed by atoms with Gasteiger partial charge < -0.3 is 0 Å². The Morgan fingerprint density at radius 1 is 0.947 bits per heavy atom. The van der Waals surface area contributed by atoms with Gasteiger partial charge in [-0.1, -0.05) is 12.1 Å².